The number of benzene rings is 1. The van der Waals surface area contributed by atoms with Crippen molar-refractivity contribution in [3.05, 3.63) is 29.8 Å². The number of amides is 1. The van der Waals surface area contributed by atoms with E-state index in [1.807, 2.05) is 30.5 Å². The van der Waals surface area contributed by atoms with Crippen LogP contribution in [0.25, 0.3) is 0 Å². The van der Waals surface area contributed by atoms with Crippen molar-refractivity contribution in [1.29, 1.82) is 0 Å². The van der Waals surface area contributed by atoms with Crippen molar-refractivity contribution in [2.24, 2.45) is 16.8 Å². The van der Waals surface area contributed by atoms with E-state index in [1.165, 1.54) is 0 Å². The zero-order valence-electron chi connectivity index (χ0n) is 11.4. The molecule has 1 aromatic rings. The molecule has 1 fully saturated rings. The molecule has 1 saturated carbocycles. The summed E-state index contributed by atoms with van der Waals surface area (Å²) in [5, 5.41) is 14.8. The maximum atomic E-state index is 12.2. The highest BCUT2D eigenvalue weighted by Gasteiger charge is 2.31. The molecule has 5 nitrogen and oxygen atoms in total. The lowest BCUT2D eigenvalue weighted by molar-refractivity contribution is 0.0933. The van der Waals surface area contributed by atoms with Crippen LogP contribution in [0.3, 0.4) is 0 Å². The van der Waals surface area contributed by atoms with Crippen molar-refractivity contribution < 1.29 is 10.0 Å². The minimum atomic E-state index is -0.111. The second-order valence-electron chi connectivity index (χ2n) is 4.87. The summed E-state index contributed by atoms with van der Waals surface area (Å²) >= 11 is 1.64. The molecule has 0 aromatic heterocycles. The molecule has 2 unspecified atom stereocenters. The smallest absolute Gasteiger partial charge is 0.251 e. The molecule has 108 valence electrons. The van der Waals surface area contributed by atoms with Crippen LogP contribution in [-0.2, 0) is 0 Å². The number of nitrogens with one attached hydrogen (secondary N) is 1. The largest absolute Gasteiger partial charge is 0.409 e. The summed E-state index contributed by atoms with van der Waals surface area (Å²) in [5.74, 6) is 0.0141. The number of rotatable bonds is 4. The molecular weight excluding hydrogens is 274 g/mol. The van der Waals surface area contributed by atoms with Crippen LogP contribution in [0.15, 0.2) is 34.3 Å². The summed E-state index contributed by atoms with van der Waals surface area (Å²) in [5.41, 5.74) is 6.30. The normalized spacial score (nSPS) is 22.8. The van der Waals surface area contributed by atoms with Gasteiger partial charge in [0.25, 0.3) is 5.91 Å². The average Bonchev–Trinajstić information content (AvgIpc) is 2.94. The quantitative estimate of drug-likeness (QED) is 0.261. The Kier molecular flexibility index (Phi) is 4.89. The third kappa shape index (κ3) is 3.25. The standard InChI is InChI=1S/C14H19N3O2S/c1-20-10-7-5-9(6-8-10)14(18)16-12-4-2-3-11(12)13(15)17-19/h5-8,11-12,19H,2-4H2,1H3,(H2,15,17)(H,16,18). The molecule has 0 heterocycles. The van der Waals surface area contributed by atoms with Crippen LogP contribution in [0.1, 0.15) is 29.6 Å². The van der Waals surface area contributed by atoms with Crippen molar-refractivity contribution >= 4 is 23.5 Å². The minimum Gasteiger partial charge on any atom is -0.409 e. The van der Waals surface area contributed by atoms with Gasteiger partial charge in [-0.05, 0) is 43.4 Å². The SMILES string of the molecule is CSc1ccc(C(=O)NC2CCCC2C(N)=NO)cc1. The first-order valence-electron chi connectivity index (χ1n) is 6.58. The summed E-state index contributed by atoms with van der Waals surface area (Å²) in [4.78, 5) is 13.3. The van der Waals surface area contributed by atoms with Gasteiger partial charge in [0.15, 0.2) is 0 Å². The first kappa shape index (κ1) is 14.7. The maximum absolute atomic E-state index is 12.2. The lowest BCUT2D eigenvalue weighted by Crippen LogP contribution is -2.42. The van der Waals surface area contributed by atoms with E-state index in [1.54, 1.807) is 11.8 Å². The highest BCUT2D eigenvalue weighted by atomic mass is 32.2. The van der Waals surface area contributed by atoms with Gasteiger partial charge in [0.2, 0.25) is 0 Å². The average molecular weight is 293 g/mol. The number of hydrogen-bond donors (Lipinski definition) is 3. The number of nitrogens with zero attached hydrogens (tertiary/aromatic N) is 1. The number of hydrogen-bond acceptors (Lipinski definition) is 4. The fraction of sp³-hybridized carbons (Fsp3) is 0.429. The summed E-state index contributed by atoms with van der Waals surface area (Å²) in [7, 11) is 0. The van der Waals surface area contributed by atoms with Gasteiger partial charge in [-0.1, -0.05) is 11.6 Å². The first-order chi connectivity index (χ1) is 9.65. The number of carbonyl (C=O) groups is 1. The molecule has 0 saturated heterocycles. The Bertz CT molecular complexity index is 502. The fourth-order valence-corrected chi connectivity index (χ4v) is 2.96. The van der Waals surface area contributed by atoms with E-state index in [0.717, 1.165) is 24.2 Å². The van der Waals surface area contributed by atoms with Crippen LogP contribution in [0.5, 0.6) is 0 Å². The van der Waals surface area contributed by atoms with E-state index in [9.17, 15) is 4.79 Å². The predicted octanol–water partition coefficient (Wildman–Crippen LogP) is 2.05. The fourth-order valence-electron chi connectivity index (χ4n) is 2.56. The highest BCUT2D eigenvalue weighted by molar-refractivity contribution is 7.98. The topological polar surface area (TPSA) is 87.7 Å². The van der Waals surface area contributed by atoms with Gasteiger partial charge in [-0.2, -0.15) is 0 Å². The summed E-state index contributed by atoms with van der Waals surface area (Å²) in [6, 6.07) is 7.42. The Labute approximate surface area is 122 Å². The second kappa shape index (κ2) is 6.65. The van der Waals surface area contributed by atoms with E-state index < -0.39 is 0 Å². The lowest BCUT2D eigenvalue weighted by atomic mass is 10.0. The van der Waals surface area contributed by atoms with Gasteiger partial charge in [-0.3, -0.25) is 4.79 Å². The van der Waals surface area contributed by atoms with Gasteiger partial charge in [-0.25, -0.2) is 0 Å². The zero-order valence-corrected chi connectivity index (χ0v) is 12.2. The molecule has 1 aromatic carbocycles. The Hall–Kier alpha value is -1.69. The number of carbonyl (C=O) groups excluding carboxylic acids is 1. The van der Waals surface area contributed by atoms with Crippen LogP contribution < -0.4 is 11.1 Å². The van der Waals surface area contributed by atoms with Gasteiger partial charge >= 0.3 is 0 Å². The Morgan fingerprint density at radius 3 is 2.70 bits per heavy atom. The van der Waals surface area contributed by atoms with Crippen molar-refractivity contribution in [2.75, 3.05) is 6.26 Å². The molecule has 1 amide bonds. The van der Waals surface area contributed by atoms with Crippen molar-refractivity contribution in [3.8, 4) is 0 Å². The molecule has 1 aliphatic carbocycles. The Morgan fingerprint density at radius 1 is 1.40 bits per heavy atom. The molecule has 0 spiro atoms. The highest BCUT2D eigenvalue weighted by Crippen LogP contribution is 2.26. The van der Waals surface area contributed by atoms with Gasteiger partial charge in [0.05, 0.1) is 0 Å². The number of oxime groups is 1. The first-order valence-corrected chi connectivity index (χ1v) is 7.80. The van der Waals surface area contributed by atoms with Crippen LogP contribution in [0, 0.1) is 5.92 Å². The summed E-state index contributed by atoms with van der Waals surface area (Å²) < 4.78 is 0. The molecule has 2 rings (SSSR count). The third-order valence-electron chi connectivity index (χ3n) is 3.68. The van der Waals surface area contributed by atoms with Crippen molar-refractivity contribution in [3.63, 3.8) is 0 Å². The van der Waals surface area contributed by atoms with E-state index in [4.69, 9.17) is 10.9 Å². The summed E-state index contributed by atoms with van der Waals surface area (Å²) in [6.07, 6.45) is 4.66. The maximum Gasteiger partial charge on any atom is 0.251 e. The van der Waals surface area contributed by atoms with Crippen LogP contribution in [0.2, 0.25) is 0 Å². The molecule has 20 heavy (non-hydrogen) atoms. The summed E-state index contributed by atoms with van der Waals surface area (Å²) in [6.45, 7) is 0. The molecule has 2 atom stereocenters. The van der Waals surface area contributed by atoms with Crippen LogP contribution in [-0.4, -0.2) is 29.2 Å². The second-order valence-corrected chi connectivity index (χ2v) is 5.75. The molecule has 0 radical (unpaired) electrons. The third-order valence-corrected chi connectivity index (χ3v) is 4.42. The van der Waals surface area contributed by atoms with Crippen molar-refractivity contribution in [2.45, 2.75) is 30.2 Å². The van der Waals surface area contributed by atoms with Gasteiger partial charge in [-0.15, -0.1) is 11.8 Å². The lowest BCUT2D eigenvalue weighted by Gasteiger charge is -2.19. The minimum absolute atomic E-state index is 0.0568. The number of thioether (sulfide) groups is 1. The van der Waals surface area contributed by atoms with Gasteiger partial charge in [0.1, 0.15) is 5.84 Å². The Balaban J connectivity index is 2.03. The molecule has 0 bridgehead atoms. The van der Waals surface area contributed by atoms with Crippen molar-refractivity contribution in [1.82, 2.24) is 5.32 Å². The van der Waals surface area contributed by atoms with Crippen LogP contribution >= 0.6 is 11.8 Å². The van der Waals surface area contributed by atoms with E-state index in [-0.39, 0.29) is 23.7 Å². The molecule has 1 aliphatic rings. The Morgan fingerprint density at radius 2 is 2.10 bits per heavy atom. The van der Waals surface area contributed by atoms with Gasteiger partial charge < -0.3 is 16.3 Å². The number of amidine groups is 1. The van der Waals surface area contributed by atoms with Crippen LogP contribution in [0.4, 0.5) is 0 Å². The molecule has 6 heteroatoms. The molecular formula is C14H19N3O2S. The number of nitrogens with two attached hydrogens (primary N) is 1. The monoisotopic (exact) mass is 293 g/mol. The van der Waals surface area contributed by atoms with E-state index >= 15 is 0 Å². The van der Waals surface area contributed by atoms with E-state index in [2.05, 4.69) is 10.5 Å². The zero-order chi connectivity index (χ0) is 14.5. The van der Waals surface area contributed by atoms with Gasteiger partial charge in [0, 0.05) is 22.4 Å². The molecule has 0 aliphatic heterocycles. The predicted molar refractivity (Wildman–Crippen MR) is 80.2 cm³/mol. The molecule has 4 N–H and O–H groups in total. The van der Waals surface area contributed by atoms with E-state index in [0.29, 0.717) is 5.56 Å².